The van der Waals surface area contributed by atoms with Gasteiger partial charge in [0.25, 0.3) is 0 Å². The van der Waals surface area contributed by atoms with Crippen molar-refractivity contribution in [1.82, 2.24) is 14.7 Å². The summed E-state index contributed by atoms with van der Waals surface area (Å²) in [7, 11) is 0. The van der Waals surface area contributed by atoms with Crippen LogP contribution >= 0.6 is 11.5 Å². The summed E-state index contributed by atoms with van der Waals surface area (Å²) in [5, 5.41) is 23.4. The number of phenolic OH excluding ortho intramolecular Hbond substituents is 1. The van der Waals surface area contributed by atoms with Crippen LogP contribution in [0.4, 0.5) is 5.13 Å². The number of rotatable bonds is 6. The molecule has 3 N–H and O–H groups in total. The topological polar surface area (TPSA) is 98.6 Å². The largest absolute Gasteiger partial charge is 0.507 e. The van der Waals surface area contributed by atoms with E-state index in [-0.39, 0.29) is 21.9 Å². The van der Waals surface area contributed by atoms with Gasteiger partial charge in [-0.1, -0.05) is 26.0 Å². The van der Waals surface area contributed by atoms with Crippen LogP contribution in [0.3, 0.4) is 0 Å². The lowest BCUT2D eigenvalue weighted by Gasteiger charge is -2.31. The van der Waals surface area contributed by atoms with Crippen LogP contribution in [0.25, 0.3) is 11.4 Å². The fourth-order valence-electron chi connectivity index (χ4n) is 3.10. The van der Waals surface area contributed by atoms with E-state index in [1.54, 1.807) is 12.1 Å². The Morgan fingerprint density at radius 3 is 2.74 bits per heavy atom. The monoisotopic (exact) mass is 396 g/mol. The number of hydrogen-bond donors (Lipinski definition) is 3. The summed E-state index contributed by atoms with van der Waals surface area (Å²) >= 11 is 1.34. The van der Waals surface area contributed by atoms with E-state index < -0.39 is 6.10 Å². The molecule has 0 aliphatic carbocycles. The zero-order chi connectivity index (χ0) is 19.4. The molecule has 3 rings (SSSR count). The zero-order valence-corrected chi connectivity index (χ0v) is 16.4. The van der Waals surface area contributed by atoms with Gasteiger partial charge in [0.15, 0.2) is 5.82 Å². The Morgan fingerprint density at radius 2 is 2.07 bits per heavy atom. The number of carbonyl (C=O) groups is 1. The Labute approximate surface area is 167 Å². The van der Waals surface area contributed by atoms with Crippen molar-refractivity contribution in [2.45, 2.75) is 32.8 Å². The number of para-hydroxylation sites is 1. The average Bonchev–Trinajstić information content (AvgIpc) is 3.16. The van der Waals surface area contributed by atoms with Gasteiger partial charge in [0.2, 0.25) is 11.0 Å². The van der Waals surface area contributed by atoms with Crippen LogP contribution in [0.2, 0.25) is 0 Å². The summed E-state index contributed by atoms with van der Waals surface area (Å²) in [5.74, 6) is 0.756. The molecule has 0 bridgehead atoms. The predicted octanol–water partition coefficient (Wildman–Crippen LogP) is 3.00. The van der Waals surface area contributed by atoms with E-state index in [1.165, 1.54) is 11.5 Å². The van der Waals surface area contributed by atoms with E-state index in [0.29, 0.717) is 23.9 Å². The first-order chi connectivity index (χ1) is 13.0. The minimum Gasteiger partial charge on any atom is -0.507 e. The lowest BCUT2D eigenvalue weighted by Crippen LogP contribution is -2.42. The molecule has 8 heteroatoms. The van der Waals surface area contributed by atoms with E-state index in [9.17, 15) is 15.0 Å². The van der Waals surface area contributed by atoms with Crippen LogP contribution in [0.15, 0.2) is 24.3 Å². The van der Waals surface area contributed by atoms with Crippen molar-refractivity contribution in [3.8, 4) is 17.1 Å². The summed E-state index contributed by atoms with van der Waals surface area (Å²) in [6, 6.07) is 7.06. The number of aliphatic hydroxyl groups is 1. The fourth-order valence-corrected chi connectivity index (χ4v) is 3.83. The number of nitrogens with one attached hydrogen (secondary N) is 1. The Morgan fingerprint density at radius 1 is 1.37 bits per heavy atom. The summed E-state index contributed by atoms with van der Waals surface area (Å²) in [5.41, 5.74) is 0.640. The van der Waals surface area contributed by atoms with Crippen molar-refractivity contribution in [1.29, 1.82) is 0 Å². The summed E-state index contributed by atoms with van der Waals surface area (Å²) in [4.78, 5) is 18.6. The molecule has 1 aromatic carbocycles. The smallest absolute Gasteiger partial charge is 0.249 e. The van der Waals surface area contributed by atoms with Gasteiger partial charge in [0, 0.05) is 35.4 Å². The minimum atomic E-state index is -0.945. The third-order valence-electron chi connectivity index (χ3n) is 4.91. The van der Waals surface area contributed by atoms with E-state index in [0.717, 1.165) is 31.1 Å². The molecule has 0 radical (unpaired) electrons. The van der Waals surface area contributed by atoms with Crippen LogP contribution in [-0.2, 0) is 4.79 Å². The van der Waals surface area contributed by atoms with Gasteiger partial charge in [-0.3, -0.25) is 4.79 Å². The number of amides is 1. The van der Waals surface area contributed by atoms with Crippen LogP contribution in [-0.4, -0.2) is 51.2 Å². The van der Waals surface area contributed by atoms with Crippen LogP contribution < -0.4 is 10.2 Å². The maximum absolute atomic E-state index is 11.9. The van der Waals surface area contributed by atoms with E-state index in [4.69, 9.17) is 0 Å². The number of phenols is 1. The molecule has 1 saturated heterocycles. The highest BCUT2D eigenvalue weighted by atomic mass is 32.1. The van der Waals surface area contributed by atoms with Gasteiger partial charge >= 0.3 is 0 Å². The number of benzene rings is 1. The van der Waals surface area contributed by atoms with Crippen LogP contribution in [0.1, 0.15) is 31.0 Å². The molecule has 0 unspecified atom stereocenters. The molecule has 27 heavy (non-hydrogen) atoms. The second-order valence-corrected chi connectivity index (χ2v) is 8.01. The maximum atomic E-state index is 11.9. The Kier molecular flexibility index (Phi) is 6.28. The zero-order valence-electron chi connectivity index (χ0n) is 15.6. The lowest BCUT2D eigenvalue weighted by atomic mass is 9.97. The van der Waals surface area contributed by atoms with Gasteiger partial charge in [0.1, 0.15) is 11.9 Å². The molecule has 1 aliphatic heterocycles. The Hall–Kier alpha value is -2.19. The first-order valence-electron chi connectivity index (χ1n) is 9.28. The van der Waals surface area contributed by atoms with Crippen LogP contribution in [0, 0.1) is 11.8 Å². The fraction of sp³-hybridized carbons (Fsp3) is 0.526. The van der Waals surface area contributed by atoms with Gasteiger partial charge in [-0.25, -0.2) is 0 Å². The van der Waals surface area contributed by atoms with Crippen molar-refractivity contribution in [3.63, 3.8) is 0 Å². The number of nitrogens with zero attached hydrogens (tertiary/aromatic N) is 3. The van der Waals surface area contributed by atoms with Crippen molar-refractivity contribution in [3.05, 3.63) is 24.3 Å². The highest BCUT2D eigenvalue weighted by molar-refractivity contribution is 7.09. The number of piperidine rings is 1. The third kappa shape index (κ3) is 4.75. The molecule has 2 heterocycles. The second-order valence-electron chi connectivity index (χ2n) is 7.28. The first-order valence-corrected chi connectivity index (χ1v) is 10.1. The predicted molar refractivity (Wildman–Crippen MR) is 112 cm³/mol. The van der Waals surface area contributed by atoms with Gasteiger partial charge in [-0.2, -0.15) is 9.36 Å². The standard InChI is InChI=1S/C19H26N4O3S.3H2/c1-12(2)16(25)18(26)20-11-13-7-9-23(10-8-13)19-21-17(22-27-19)14-5-3-4-6-15(14)24;;;/h3-6,12-13,16,24-25H,7-11H2,1-2H3,(H,20,26);3*1H/t16-;;;/m1.../s1. The molecular formula is C19H32N4O3S. The van der Waals surface area contributed by atoms with Crippen molar-refractivity contribution in [2.75, 3.05) is 24.5 Å². The van der Waals surface area contributed by atoms with E-state index >= 15 is 0 Å². The number of aromatic hydroxyl groups is 1. The lowest BCUT2D eigenvalue weighted by molar-refractivity contribution is -0.131. The molecule has 1 atom stereocenters. The molecule has 1 fully saturated rings. The molecule has 1 aromatic heterocycles. The van der Waals surface area contributed by atoms with Gasteiger partial charge in [0.05, 0.1) is 5.56 Å². The highest BCUT2D eigenvalue weighted by Gasteiger charge is 2.24. The Balaban J connectivity index is 0.00000280. The molecule has 1 amide bonds. The Bertz CT molecular complexity index is 786. The quantitative estimate of drug-likeness (QED) is 0.694. The van der Waals surface area contributed by atoms with Gasteiger partial charge in [-0.15, -0.1) is 0 Å². The number of hydrogen-bond acceptors (Lipinski definition) is 7. The van der Waals surface area contributed by atoms with Gasteiger partial charge in [-0.05, 0) is 36.8 Å². The van der Waals surface area contributed by atoms with E-state index in [1.807, 2.05) is 26.0 Å². The summed E-state index contributed by atoms with van der Waals surface area (Å²) in [6.07, 6.45) is 0.951. The third-order valence-corrected chi connectivity index (χ3v) is 5.69. The average molecular weight is 397 g/mol. The second kappa shape index (κ2) is 8.67. The molecular weight excluding hydrogens is 364 g/mol. The molecule has 0 spiro atoms. The number of anilines is 1. The SMILES string of the molecule is CC(C)[C@@H](O)C(=O)NCC1CCN(c2nc(-c3ccccc3O)ns2)CC1.[HH].[HH].[HH]. The van der Waals surface area contributed by atoms with Crippen molar-refractivity contribution in [2.24, 2.45) is 11.8 Å². The molecule has 7 nitrogen and oxygen atoms in total. The van der Waals surface area contributed by atoms with E-state index in [2.05, 4.69) is 19.6 Å². The summed E-state index contributed by atoms with van der Waals surface area (Å²) in [6.45, 7) is 5.95. The molecule has 152 valence electrons. The minimum absolute atomic E-state index is 0. The van der Waals surface area contributed by atoms with Gasteiger partial charge < -0.3 is 20.4 Å². The number of aromatic nitrogens is 2. The van der Waals surface area contributed by atoms with Crippen molar-refractivity contribution >= 4 is 22.6 Å². The normalized spacial score (nSPS) is 16.5. The first kappa shape index (κ1) is 19.6. The van der Waals surface area contributed by atoms with Crippen LogP contribution in [0.5, 0.6) is 5.75 Å². The number of aliphatic hydroxyl groups excluding tert-OH is 1. The molecule has 0 saturated carbocycles. The molecule has 1 aliphatic rings. The van der Waals surface area contributed by atoms with Crippen molar-refractivity contribution < 1.29 is 19.3 Å². The highest BCUT2D eigenvalue weighted by Crippen LogP contribution is 2.31. The summed E-state index contributed by atoms with van der Waals surface area (Å²) < 4.78 is 4.38. The molecule has 2 aromatic rings. The number of carbonyl (C=O) groups excluding carboxylic acids is 1. The maximum Gasteiger partial charge on any atom is 0.249 e.